The first-order valence-electron chi connectivity index (χ1n) is 6.32. The standard InChI is InChI=1S/C15H9N3O3/c19-8-11-14(17-13-3-1-2-6-18(11)13)9-4-5-10-12(7-9)21-15(20)16-10/h1-8H,(H,16,20). The molecule has 0 fully saturated rings. The van der Waals surface area contributed by atoms with Crippen LogP contribution in [0.5, 0.6) is 0 Å². The van der Waals surface area contributed by atoms with Gasteiger partial charge in [-0.3, -0.25) is 14.2 Å². The van der Waals surface area contributed by atoms with Gasteiger partial charge >= 0.3 is 5.76 Å². The number of carbonyl (C=O) groups is 1. The molecule has 1 N–H and O–H groups in total. The van der Waals surface area contributed by atoms with E-state index < -0.39 is 5.76 Å². The highest BCUT2D eigenvalue weighted by Gasteiger charge is 2.14. The van der Waals surface area contributed by atoms with Gasteiger partial charge in [-0.15, -0.1) is 0 Å². The van der Waals surface area contributed by atoms with Crippen LogP contribution in [-0.2, 0) is 0 Å². The van der Waals surface area contributed by atoms with Gasteiger partial charge in [-0.1, -0.05) is 12.1 Å². The second-order valence-electron chi connectivity index (χ2n) is 4.62. The average molecular weight is 279 g/mol. The topological polar surface area (TPSA) is 80.4 Å². The number of carbonyl (C=O) groups excluding carboxylic acids is 1. The van der Waals surface area contributed by atoms with E-state index in [-0.39, 0.29) is 0 Å². The summed E-state index contributed by atoms with van der Waals surface area (Å²) in [6, 6.07) is 10.7. The van der Waals surface area contributed by atoms with Crippen LogP contribution in [0.15, 0.2) is 51.8 Å². The quantitative estimate of drug-likeness (QED) is 0.571. The monoisotopic (exact) mass is 279 g/mol. The molecule has 0 spiro atoms. The molecule has 102 valence electrons. The van der Waals surface area contributed by atoms with Gasteiger partial charge in [0.1, 0.15) is 17.0 Å². The number of benzene rings is 1. The van der Waals surface area contributed by atoms with E-state index in [0.29, 0.717) is 28.1 Å². The summed E-state index contributed by atoms with van der Waals surface area (Å²) < 4.78 is 6.77. The molecule has 0 saturated carbocycles. The van der Waals surface area contributed by atoms with E-state index >= 15 is 0 Å². The Morgan fingerprint density at radius 3 is 3.00 bits per heavy atom. The number of H-pyrrole nitrogens is 1. The number of nitrogens with zero attached hydrogens (tertiary/aromatic N) is 2. The zero-order valence-electron chi connectivity index (χ0n) is 10.7. The number of imidazole rings is 1. The number of aromatic nitrogens is 3. The Labute approximate surface area is 117 Å². The molecule has 0 bridgehead atoms. The maximum absolute atomic E-state index is 11.4. The lowest BCUT2D eigenvalue weighted by atomic mass is 10.1. The number of fused-ring (bicyclic) bond motifs is 2. The fraction of sp³-hybridized carbons (Fsp3) is 0. The van der Waals surface area contributed by atoms with Crippen LogP contribution in [0.4, 0.5) is 0 Å². The lowest BCUT2D eigenvalue weighted by Crippen LogP contribution is -1.92. The molecule has 6 nitrogen and oxygen atoms in total. The smallest absolute Gasteiger partial charge is 0.408 e. The summed E-state index contributed by atoms with van der Waals surface area (Å²) in [4.78, 5) is 29.6. The van der Waals surface area contributed by atoms with Crippen LogP contribution in [0.25, 0.3) is 28.0 Å². The van der Waals surface area contributed by atoms with Crippen molar-refractivity contribution in [1.82, 2.24) is 14.4 Å². The van der Waals surface area contributed by atoms with Gasteiger partial charge in [0.15, 0.2) is 11.9 Å². The van der Waals surface area contributed by atoms with Crippen LogP contribution in [0, 0.1) is 0 Å². The Balaban J connectivity index is 2.02. The fourth-order valence-electron chi connectivity index (χ4n) is 2.43. The molecule has 0 radical (unpaired) electrons. The molecule has 0 saturated heterocycles. The molecule has 1 aromatic carbocycles. The fourth-order valence-corrected chi connectivity index (χ4v) is 2.43. The van der Waals surface area contributed by atoms with Crippen LogP contribution < -0.4 is 5.76 Å². The number of hydrogen-bond acceptors (Lipinski definition) is 4. The van der Waals surface area contributed by atoms with E-state index in [4.69, 9.17) is 4.42 Å². The van der Waals surface area contributed by atoms with Crippen molar-refractivity contribution in [2.24, 2.45) is 0 Å². The Morgan fingerprint density at radius 2 is 2.14 bits per heavy atom. The number of hydrogen-bond donors (Lipinski definition) is 1. The number of oxazole rings is 1. The van der Waals surface area contributed by atoms with Crippen LogP contribution in [-0.4, -0.2) is 20.7 Å². The SMILES string of the molecule is O=Cc1c(-c2ccc3[nH]c(=O)oc3c2)nc2ccccn12. The maximum Gasteiger partial charge on any atom is 0.417 e. The minimum atomic E-state index is -0.507. The van der Waals surface area contributed by atoms with E-state index in [2.05, 4.69) is 9.97 Å². The van der Waals surface area contributed by atoms with E-state index in [0.717, 1.165) is 11.8 Å². The summed E-state index contributed by atoms with van der Waals surface area (Å²) in [5.74, 6) is -0.507. The first-order chi connectivity index (χ1) is 10.3. The molecule has 0 aliphatic rings. The lowest BCUT2D eigenvalue weighted by Gasteiger charge is -1.98. The molecule has 4 aromatic rings. The summed E-state index contributed by atoms with van der Waals surface area (Å²) in [6.07, 6.45) is 2.55. The minimum Gasteiger partial charge on any atom is -0.408 e. The highest BCUT2D eigenvalue weighted by atomic mass is 16.4. The largest absolute Gasteiger partial charge is 0.417 e. The molecular weight excluding hydrogens is 270 g/mol. The first-order valence-corrected chi connectivity index (χ1v) is 6.32. The van der Waals surface area contributed by atoms with Gasteiger partial charge in [-0.25, -0.2) is 9.78 Å². The Morgan fingerprint density at radius 1 is 1.24 bits per heavy atom. The second kappa shape index (κ2) is 4.17. The summed E-state index contributed by atoms with van der Waals surface area (Å²) in [5, 5.41) is 0. The van der Waals surface area contributed by atoms with Crippen LogP contribution in [0.3, 0.4) is 0 Å². The van der Waals surface area contributed by atoms with Gasteiger partial charge < -0.3 is 4.42 Å². The molecule has 0 aliphatic heterocycles. The molecule has 0 unspecified atom stereocenters. The van der Waals surface area contributed by atoms with Gasteiger partial charge in [0, 0.05) is 11.8 Å². The molecule has 0 atom stereocenters. The van der Waals surface area contributed by atoms with Crippen LogP contribution in [0.2, 0.25) is 0 Å². The first kappa shape index (κ1) is 11.7. The summed E-state index contributed by atoms with van der Waals surface area (Å²) >= 11 is 0. The normalized spacial score (nSPS) is 11.2. The van der Waals surface area contributed by atoms with Crippen molar-refractivity contribution in [1.29, 1.82) is 0 Å². The van der Waals surface area contributed by atoms with Gasteiger partial charge in [-0.2, -0.15) is 0 Å². The predicted octanol–water partition coefficient (Wildman–Crippen LogP) is 2.25. The number of aromatic amines is 1. The molecule has 3 aromatic heterocycles. The number of aldehydes is 1. The Kier molecular flexibility index (Phi) is 2.32. The van der Waals surface area contributed by atoms with Crippen molar-refractivity contribution in [2.75, 3.05) is 0 Å². The van der Waals surface area contributed by atoms with Crippen molar-refractivity contribution in [3.63, 3.8) is 0 Å². The third-order valence-electron chi connectivity index (χ3n) is 3.37. The van der Waals surface area contributed by atoms with Crippen molar-refractivity contribution in [3.8, 4) is 11.3 Å². The van der Waals surface area contributed by atoms with Crippen molar-refractivity contribution < 1.29 is 9.21 Å². The van der Waals surface area contributed by atoms with E-state index in [1.54, 1.807) is 28.8 Å². The Bertz CT molecular complexity index is 1040. The van der Waals surface area contributed by atoms with E-state index in [9.17, 15) is 9.59 Å². The average Bonchev–Trinajstić information content (AvgIpc) is 3.05. The van der Waals surface area contributed by atoms with Gasteiger partial charge in [0.2, 0.25) is 0 Å². The van der Waals surface area contributed by atoms with Gasteiger partial charge in [0.05, 0.1) is 5.52 Å². The molecule has 21 heavy (non-hydrogen) atoms. The summed E-state index contributed by atoms with van der Waals surface area (Å²) in [6.45, 7) is 0. The summed E-state index contributed by atoms with van der Waals surface area (Å²) in [7, 11) is 0. The van der Waals surface area contributed by atoms with Crippen molar-refractivity contribution >= 4 is 23.0 Å². The highest BCUT2D eigenvalue weighted by molar-refractivity contribution is 5.88. The van der Waals surface area contributed by atoms with Gasteiger partial charge in [-0.05, 0) is 24.3 Å². The third-order valence-corrected chi connectivity index (χ3v) is 3.37. The van der Waals surface area contributed by atoms with Gasteiger partial charge in [0.25, 0.3) is 0 Å². The minimum absolute atomic E-state index is 0.436. The maximum atomic E-state index is 11.4. The molecule has 6 heteroatoms. The summed E-state index contributed by atoms with van der Waals surface area (Å²) in [5.41, 5.74) is 3.47. The van der Waals surface area contributed by atoms with E-state index in [1.165, 1.54) is 0 Å². The Hall–Kier alpha value is -3.15. The number of pyridine rings is 1. The molecule has 4 rings (SSSR count). The molecule has 0 aliphatic carbocycles. The number of nitrogens with one attached hydrogen (secondary N) is 1. The zero-order chi connectivity index (χ0) is 14.4. The lowest BCUT2D eigenvalue weighted by molar-refractivity contribution is 0.111. The van der Waals surface area contributed by atoms with Crippen molar-refractivity contribution in [3.05, 3.63) is 58.8 Å². The van der Waals surface area contributed by atoms with Crippen LogP contribution >= 0.6 is 0 Å². The van der Waals surface area contributed by atoms with E-state index in [1.807, 2.05) is 18.2 Å². The molecule has 3 heterocycles. The third kappa shape index (κ3) is 1.69. The highest BCUT2D eigenvalue weighted by Crippen LogP contribution is 2.26. The molecule has 0 amide bonds. The zero-order valence-corrected chi connectivity index (χ0v) is 10.7. The number of rotatable bonds is 2. The molecular formula is C15H9N3O3. The van der Waals surface area contributed by atoms with Crippen molar-refractivity contribution in [2.45, 2.75) is 0 Å². The predicted molar refractivity (Wildman–Crippen MR) is 76.4 cm³/mol. The van der Waals surface area contributed by atoms with Crippen LogP contribution in [0.1, 0.15) is 10.5 Å². The second-order valence-corrected chi connectivity index (χ2v) is 4.62.